The highest BCUT2D eigenvalue weighted by molar-refractivity contribution is 6.03. The molecule has 7 heteroatoms. The molecule has 0 radical (unpaired) electrons. The maximum absolute atomic E-state index is 12.4. The van der Waals surface area contributed by atoms with Gasteiger partial charge in [-0.1, -0.05) is 25.8 Å². The number of rotatable bonds is 3. The Kier molecular flexibility index (Phi) is 6.82. The lowest BCUT2D eigenvalue weighted by Crippen LogP contribution is -2.19. The number of aromatic amines is 1. The number of aromatic nitrogens is 2. The lowest BCUT2D eigenvalue weighted by Gasteiger charge is -2.26. The zero-order valence-corrected chi connectivity index (χ0v) is 17.2. The highest BCUT2D eigenvalue weighted by Crippen LogP contribution is 2.34. The van der Waals surface area contributed by atoms with Gasteiger partial charge in [-0.15, -0.1) is 0 Å². The van der Waals surface area contributed by atoms with Crippen molar-refractivity contribution in [2.45, 2.75) is 38.5 Å². The van der Waals surface area contributed by atoms with Crippen molar-refractivity contribution in [2.75, 3.05) is 7.11 Å². The Balaban J connectivity index is 0.000000239. The maximum atomic E-state index is 12.4. The topological polar surface area (TPSA) is 98.1 Å². The number of halogens is 1. The summed E-state index contributed by atoms with van der Waals surface area (Å²) in [4.78, 5) is 31.0. The molecule has 2 aromatic heterocycles. The summed E-state index contributed by atoms with van der Waals surface area (Å²) in [6.45, 7) is 2.27. The van der Waals surface area contributed by atoms with Gasteiger partial charge in [-0.3, -0.25) is 14.6 Å². The summed E-state index contributed by atoms with van der Waals surface area (Å²) in [5, 5.41) is 0.290. The minimum atomic E-state index is -0.676. The van der Waals surface area contributed by atoms with Crippen molar-refractivity contribution >= 4 is 16.8 Å². The number of hydrogen-bond acceptors (Lipinski definition) is 4. The lowest BCUT2D eigenvalue weighted by molar-refractivity contribution is 0.0997. The van der Waals surface area contributed by atoms with Crippen LogP contribution in [-0.4, -0.2) is 23.0 Å². The van der Waals surface area contributed by atoms with Crippen molar-refractivity contribution in [1.82, 2.24) is 9.97 Å². The summed E-state index contributed by atoms with van der Waals surface area (Å²) in [5.41, 5.74) is 6.75. The van der Waals surface area contributed by atoms with Crippen LogP contribution < -0.4 is 15.9 Å². The van der Waals surface area contributed by atoms with Crippen LogP contribution in [0.15, 0.2) is 47.4 Å². The van der Waals surface area contributed by atoms with E-state index in [4.69, 9.17) is 10.5 Å². The summed E-state index contributed by atoms with van der Waals surface area (Å²) in [6, 6.07) is 9.34. The van der Waals surface area contributed by atoms with E-state index in [-0.39, 0.29) is 22.3 Å². The van der Waals surface area contributed by atoms with E-state index in [2.05, 4.69) is 16.9 Å². The van der Waals surface area contributed by atoms with Crippen molar-refractivity contribution in [3.8, 4) is 5.75 Å². The van der Waals surface area contributed by atoms with Crippen molar-refractivity contribution in [2.24, 2.45) is 11.7 Å². The van der Waals surface area contributed by atoms with Gasteiger partial charge in [0.05, 0.1) is 18.0 Å². The molecule has 1 aliphatic rings. The van der Waals surface area contributed by atoms with Gasteiger partial charge in [0.25, 0.3) is 5.91 Å². The molecule has 4 rings (SSSR count). The number of pyridine rings is 2. The third kappa shape index (κ3) is 5.03. The number of H-pyrrole nitrogens is 1. The maximum Gasteiger partial charge on any atom is 0.268 e. The Morgan fingerprint density at radius 2 is 1.93 bits per heavy atom. The first-order valence-electron chi connectivity index (χ1n) is 10.00. The second kappa shape index (κ2) is 9.52. The summed E-state index contributed by atoms with van der Waals surface area (Å²) >= 11 is 0. The molecule has 158 valence electrons. The van der Waals surface area contributed by atoms with E-state index < -0.39 is 5.91 Å². The highest BCUT2D eigenvalue weighted by Gasteiger charge is 2.22. The molecule has 0 aliphatic heterocycles. The number of ether oxygens (including phenoxy) is 1. The van der Waals surface area contributed by atoms with E-state index in [1.807, 2.05) is 0 Å². The normalized spacial score (nSPS) is 18.4. The number of nitrogens with one attached hydrogen (secondary N) is 1. The largest absolute Gasteiger partial charge is 0.497 e. The lowest BCUT2D eigenvalue weighted by atomic mass is 9.81. The van der Waals surface area contributed by atoms with Crippen LogP contribution >= 0.6 is 0 Å². The first kappa shape index (κ1) is 21.5. The molecule has 0 unspecified atom stereocenters. The molecule has 1 fully saturated rings. The molecule has 0 bridgehead atoms. The predicted octanol–water partition coefficient (Wildman–Crippen LogP) is 4.15. The molecule has 30 heavy (non-hydrogen) atoms. The van der Waals surface area contributed by atoms with E-state index in [1.165, 1.54) is 38.3 Å². The van der Waals surface area contributed by atoms with Gasteiger partial charge in [-0.2, -0.15) is 0 Å². The van der Waals surface area contributed by atoms with Crippen LogP contribution in [0.1, 0.15) is 54.7 Å². The van der Waals surface area contributed by atoms with Gasteiger partial charge in [-0.25, -0.2) is 4.39 Å². The van der Waals surface area contributed by atoms with Gasteiger partial charge in [0.2, 0.25) is 0 Å². The van der Waals surface area contributed by atoms with Gasteiger partial charge in [0.15, 0.2) is 5.43 Å². The van der Waals surface area contributed by atoms with Crippen LogP contribution in [0.4, 0.5) is 4.39 Å². The number of benzene rings is 1. The molecule has 0 atom stereocenters. The van der Waals surface area contributed by atoms with Crippen molar-refractivity contribution < 1.29 is 13.9 Å². The Morgan fingerprint density at radius 3 is 2.53 bits per heavy atom. The Hall–Kier alpha value is -3.22. The number of nitrogens with zero attached hydrogens (tertiary/aromatic N) is 1. The minimum absolute atomic E-state index is 0.0394. The smallest absolute Gasteiger partial charge is 0.268 e. The molecule has 1 aliphatic carbocycles. The summed E-state index contributed by atoms with van der Waals surface area (Å²) in [7, 11) is 1.51. The number of methoxy groups -OCH3 is 1. The average Bonchev–Trinajstić information content (AvgIpc) is 2.74. The van der Waals surface area contributed by atoms with Crippen molar-refractivity contribution in [3.05, 3.63) is 70.0 Å². The molecule has 0 spiro atoms. The predicted molar refractivity (Wildman–Crippen MR) is 114 cm³/mol. The molecule has 1 amide bonds. The summed E-state index contributed by atoms with van der Waals surface area (Å²) in [6.07, 6.45) is 6.07. The Morgan fingerprint density at radius 1 is 1.20 bits per heavy atom. The SMILES string of the molecule is CC1CCC(c2cc(=O)c3c(C(N)=O)nccc3[nH]2)CC1.COc1cccc(F)c1. The molecule has 3 N–H and O–H groups in total. The van der Waals surface area contributed by atoms with E-state index in [1.54, 1.807) is 24.3 Å². The van der Waals surface area contributed by atoms with Crippen LogP contribution in [-0.2, 0) is 0 Å². The standard InChI is InChI=1S/C16H19N3O2.C7H7FO/c1-9-2-4-10(5-3-9)12-8-13(20)14-11(19-12)6-7-18-15(14)16(17)21;1-9-7-4-2-3-6(8)5-7/h6-10H,2-5H2,1H3,(H2,17,21)(H,19,20);2-5H,1H3. The van der Waals surface area contributed by atoms with Crippen LogP contribution in [0.3, 0.4) is 0 Å². The highest BCUT2D eigenvalue weighted by atomic mass is 19.1. The fourth-order valence-corrected chi connectivity index (χ4v) is 3.79. The zero-order valence-electron chi connectivity index (χ0n) is 17.2. The first-order valence-corrected chi connectivity index (χ1v) is 10.00. The third-order valence-corrected chi connectivity index (χ3v) is 5.48. The Bertz CT molecular complexity index is 1090. The van der Waals surface area contributed by atoms with E-state index in [0.717, 1.165) is 24.5 Å². The number of amides is 1. The van der Waals surface area contributed by atoms with Crippen molar-refractivity contribution in [1.29, 1.82) is 0 Å². The Labute approximate surface area is 174 Å². The molecular formula is C23H26FN3O3. The molecular weight excluding hydrogens is 385 g/mol. The number of hydrogen-bond donors (Lipinski definition) is 2. The van der Waals surface area contributed by atoms with Crippen LogP contribution in [0.2, 0.25) is 0 Å². The summed E-state index contributed by atoms with van der Waals surface area (Å²) in [5.74, 6) is 0.761. The van der Waals surface area contributed by atoms with Gasteiger partial charge < -0.3 is 15.5 Å². The summed E-state index contributed by atoms with van der Waals surface area (Å²) < 4.78 is 17.0. The molecule has 6 nitrogen and oxygen atoms in total. The molecule has 3 aromatic rings. The molecule has 1 saturated carbocycles. The van der Waals surface area contributed by atoms with Gasteiger partial charge in [0.1, 0.15) is 17.3 Å². The van der Waals surface area contributed by atoms with Gasteiger partial charge >= 0.3 is 0 Å². The second-order valence-electron chi connectivity index (χ2n) is 7.65. The van der Waals surface area contributed by atoms with E-state index in [0.29, 0.717) is 17.2 Å². The van der Waals surface area contributed by atoms with E-state index in [9.17, 15) is 14.0 Å². The second-order valence-corrected chi connectivity index (χ2v) is 7.65. The quantitative estimate of drug-likeness (QED) is 0.676. The van der Waals surface area contributed by atoms with Crippen molar-refractivity contribution in [3.63, 3.8) is 0 Å². The number of carbonyl (C=O) groups excluding carboxylic acids is 1. The fourth-order valence-electron chi connectivity index (χ4n) is 3.79. The minimum Gasteiger partial charge on any atom is -0.497 e. The van der Waals surface area contributed by atoms with E-state index >= 15 is 0 Å². The third-order valence-electron chi connectivity index (χ3n) is 5.48. The van der Waals surface area contributed by atoms with Crippen LogP contribution in [0, 0.1) is 11.7 Å². The van der Waals surface area contributed by atoms with Gasteiger partial charge in [-0.05, 0) is 42.9 Å². The number of nitrogens with two attached hydrogens (primary N) is 1. The molecule has 1 aromatic carbocycles. The average molecular weight is 411 g/mol. The number of carbonyl (C=O) groups is 1. The zero-order chi connectivity index (χ0) is 21.7. The molecule has 0 saturated heterocycles. The number of primary amides is 1. The van der Waals surface area contributed by atoms with Gasteiger partial charge in [0, 0.05) is 24.0 Å². The fraction of sp³-hybridized carbons (Fsp3) is 0.348. The number of fused-ring (bicyclic) bond motifs is 1. The monoisotopic (exact) mass is 411 g/mol. The van der Waals surface area contributed by atoms with Crippen LogP contribution in [0.25, 0.3) is 10.9 Å². The molecule has 2 heterocycles. The van der Waals surface area contributed by atoms with Crippen LogP contribution in [0.5, 0.6) is 5.75 Å². The first-order chi connectivity index (χ1) is 14.4.